The van der Waals surface area contributed by atoms with Gasteiger partial charge in [-0.25, -0.2) is 0 Å². The van der Waals surface area contributed by atoms with Gasteiger partial charge in [0.1, 0.15) is 6.54 Å². The van der Waals surface area contributed by atoms with Crippen molar-refractivity contribution >= 4 is 17.9 Å². The van der Waals surface area contributed by atoms with Gasteiger partial charge in [0, 0.05) is 25.1 Å². The van der Waals surface area contributed by atoms with Gasteiger partial charge in [-0.3, -0.25) is 9.59 Å². The number of alkyl halides is 3. The Bertz CT molecular complexity index is 762. The molecule has 1 aromatic rings. The molecule has 166 valence electrons. The molecule has 7 nitrogen and oxygen atoms in total. The highest BCUT2D eigenvalue weighted by molar-refractivity contribution is 5.92. The molecule has 0 spiro atoms. The number of benzene rings is 1. The maximum atomic E-state index is 12.4. The van der Waals surface area contributed by atoms with Crippen LogP contribution in [0.2, 0.25) is 0 Å². The number of hydrogen-bond acceptors (Lipinski definition) is 5. The normalized spacial score (nSPS) is 15.2. The number of methoxy groups -OCH3 is 3. The van der Waals surface area contributed by atoms with Crippen LogP contribution < -0.4 is 19.5 Å². The van der Waals surface area contributed by atoms with E-state index in [1.807, 2.05) is 5.32 Å². The van der Waals surface area contributed by atoms with Gasteiger partial charge in [0.25, 0.3) is 0 Å². The van der Waals surface area contributed by atoms with E-state index in [0.717, 1.165) is 0 Å². The van der Waals surface area contributed by atoms with Gasteiger partial charge in [0.05, 0.1) is 21.3 Å². The van der Waals surface area contributed by atoms with E-state index < -0.39 is 24.5 Å². The van der Waals surface area contributed by atoms with Crippen LogP contribution in [0.15, 0.2) is 18.2 Å². The van der Waals surface area contributed by atoms with Crippen LogP contribution in [0.3, 0.4) is 0 Å². The largest absolute Gasteiger partial charge is 0.493 e. The van der Waals surface area contributed by atoms with Crippen LogP contribution in [0.4, 0.5) is 13.2 Å². The molecule has 1 aliphatic heterocycles. The minimum Gasteiger partial charge on any atom is -0.493 e. The Kier molecular flexibility index (Phi) is 7.96. The van der Waals surface area contributed by atoms with E-state index in [1.54, 1.807) is 23.1 Å². The van der Waals surface area contributed by atoms with E-state index in [0.29, 0.717) is 48.7 Å². The van der Waals surface area contributed by atoms with Crippen molar-refractivity contribution in [2.75, 3.05) is 41.0 Å². The monoisotopic (exact) mass is 430 g/mol. The van der Waals surface area contributed by atoms with Crippen LogP contribution in [0.5, 0.6) is 17.2 Å². The summed E-state index contributed by atoms with van der Waals surface area (Å²) < 4.78 is 52.5. The maximum Gasteiger partial charge on any atom is 0.405 e. The third kappa shape index (κ3) is 6.30. The second kappa shape index (κ2) is 10.2. The van der Waals surface area contributed by atoms with Crippen LogP contribution in [0, 0.1) is 5.92 Å². The molecule has 2 rings (SSSR count). The summed E-state index contributed by atoms with van der Waals surface area (Å²) in [6.07, 6.45) is -0.815. The van der Waals surface area contributed by atoms with Gasteiger partial charge >= 0.3 is 6.18 Å². The van der Waals surface area contributed by atoms with Crippen molar-refractivity contribution in [2.45, 2.75) is 19.0 Å². The van der Waals surface area contributed by atoms with E-state index in [9.17, 15) is 22.8 Å². The molecule has 0 unspecified atom stereocenters. The van der Waals surface area contributed by atoms with Crippen molar-refractivity contribution in [1.29, 1.82) is 0 Å². The molecular weight excluding hydrogens is 405 g/mol. The first-order valence-electron chi connectivity index (χ1n) is 9.30. The third-order valence-corrected chi connectivity index (χ3v) is 4.75. The van der Waals surface area contributed by atoms with Gasteiger partial charge in [0.15, 0.2) is 11.5 Å². The van der Waals surface area contributed by atoms with Gasteiger partial charge < -0.3 is 24.4 Å². The van der Waals surface area contributed by atoms with Crippen LogP contribution in [-0.2, 0) is 9.59 Å². The van der Waals surface area contributed by atoms with Crippen molar-refractivity contribution in [3.8, 4) is 17.2 Å². The number of hydrogen-bond donors (Lipinski definition) is 1. The first-order chi connectivity index (χ1) is 14.2. The van der Waals surface area contributed by atoms with E-state index >= 15 is 0 Å². The molecule has 0 saturated carbocycles. The average molecular weight is 430 g/mol. The molecule has 1 heterocycles. The van der Waals surface area contributed by atoms with Gasteiger partial charge in [-0.15, -0.1) is 0 Å². The SMILES string of the molecule is COc1cc(/C=C/C(=O)N2CCC(C(=O)NCC(F)(F)F)CC2)cc(OC)c1OC. The highest BCUT2D eigenvalue weighted by atomic mass is 19.4. The lowest BCUT2D eigenvalue weighted by Crippen LogP contribution is -2.44. The summed E-state index contributed by atoms with van der Waals surface area (Å²) in [5.41, 5.74) is 0.666. The van der Waals surface area contributed by atoms with E-state index in [2.05, 4.69) is 0 Å². The summed E-state index contributed by atoms with van der Waals surface area (Å²) in [4.78, 5) is 25.8. The topological polar surface area (TPSA) is 77.1 Å². The van der Waals surface area contributed by atoms with E-state index in [-0.39, 0.29) is 5.91 Å². The third-order valence-electron chi connectivity index (χ3n) is 4.75. The highest BCUT2D eigenvalue weighted by Gasteiger charge is 2.31. The zero-order valence-corrected chi connectivity index (χ0v) is 17.0. The van der Waals surface area contributed by atoms with Crippen molar-refractivity contribution in [3.05, 3.63) is 23.8 Å². The molecule has 0 radical (unpaired) electrons. The number of nitrogens with zero attached hydrogens (tertiary/aromatic N) is 1. The Labute approximate surface area is 172 Å². The zero-order chi connectivity index (χ0) is 22.3. The van der Waals surface area contributed by atoms with Crippen LogP contribution in [0.25, 0.3) is 6.08 Å². The smallest absolute Gasteiger partial charge is 0.405 e. The summed E-state index contributed by atoms with van der Waals surface area (Å²) in [7, 11) is 4.47. The lowest BCUT2D eigenvalue weighted by atomic mass is 9.96. The summed E-state index contributed by atoms with van der Waals surface area (Å²) in [5, 5.41) is 1.90. The molecule has 1 aliphatic rings. The maximum absolute atomic E-state index is 12.4. The van der Waals surface area contributed by atoms with Crippen molar-refractivity contribution in [3.63, 3.8) is 0 Å². The second-order valence-electron chi connectivity index (χ2n) is 6.72. The molecular formula is C20H25F3N2O5. The fourth-order valence-electron chi connectivity index (χ4n) is 3.16. The lowest BCUT2D eigenvalue weighted by Gasteiger charge is -2.30. The zero-order valence-electron chi connectivity index (χ0n) is 17.0. The van der Waals surface area contributed by atoms with Crippen LogP contribution in [0.1, 0.15) is 18.4 Å². The molecule has 0 bridgehead atoms. The average Bonchev–Trinajstić information content (AvgIpc) is 2.74. The number of rotatable bonds is 7. The van der Waals surface area contributed by atoms with Crippen molar-refractivity contribution < 1.29 is 37.0 Å². The molecule has 2 amide bonds. The Morgan fingerprint density at radius 2 is 1.67 bits per heavy atom. The van der Waals surface area contributed by atoms with Gasteiger partial charge in [-0.05, 0) is 36.6 Å². The Hall–Kier alpha value is -2.91. The molecule has 30 heavy (non-hydrogen) atoms. The van der Waals surface area contributed by atoms with E-state index in [1.165, 1.54) is 27.4 Å². The number of nitrogens with one attached hydrogen (secondary N) is 1. The second-order valence-corrected chi connectivity index (χ2v) is 6.72. The molecule has 0 aromatic heterocycles. The molecule has 1 saturated heterocycles. The van der Waals surface area contributed by atoms with Crippen molar-refractivity contribution in [1.82, 2.24) is 10.2 Å². The number of ether oxygens (including phenoxy) is 3. The van der Waals surface area contributed by atoms with Gasteiger partial charge in [0.2, 0.25) is 17.6 Å². The summed E-state index contributed by atoms with van der Waals surface area (Å²) in [6, 6.07) is 3.39. The molecule has 10 heteroatoms. The predicted molar refractivity (Wildman–Crippen MR) is 104 cm³/mol. The Morgan fingerprint density at radius 3 is 2.13 bits per heavy atom. The fraction of sp³-hybridized carbons (Fsp3) is 0.500. The molecule has 0 atom stereocenters. The number of carbonyl (C=O) groups is 2. The number of carbonyl (C=O) groups excluding carboxylic acids is 2. The van der Waals surface area contributed by atoms with E-state index in [4.69, 9.17) is 14.2 Å². The van der Waals surface area contributed by atoms with Gasteiger partial charge in [-0.2, -0.15) is 13.2 Å². The molecule has 0 aliphatic carbocycles. The Balaban J connectivity index is 1.95. The number of likely N-dealkylation sites (tertiary alicyclic amines) is 1. The standard InChI is InChI=1S/C20H25F3N2O5/c1-28-15-10-13(11-16(29-2)18(15)30-3)4-5-17(26)25-8-6-14(7-9-25)19(27)24-12-20(21,22)23/h4-5,10-11,14H,6-9,12H2,1-3H3,(H,24,27)/b5-4+. The number of halogens is 3. The summed E-state index contributed by atoms with van der Waals surface area (Å²) in [6.45, 7) is -0.756. The van der Waals surface area contributed by atoms with Crippen LogP contribution in [-0.4, -0.2) is 63.9 Å². The van der Waals surface area contributed by atoms with Crippen molar-refractivity contribution in [2.24, 2.45) is 5.92 Å². The minimum atomic E-state index is -4.44. The number of piperidine rings is 1. The predicted octanol–water partition coefficient (Wildman–Crippen LogP) is 2.64. The minimum absolute atomic E-state index is 0.252. The molecule has 1 N–H and O–H groups in total. The molecule has 1 fully saturated rings. The van der Waals surface area contributed by atoms with Gasteiger partial charge in [-0.1, -0.05) is 0 Å². The lowest BCUT2D eigenvalue weighted by molar-refractivity contribution is -0.142. The number of amides is 2. The first-order valence-corrected chi connectivity index (χ1v) is 9.30. The fourth-order valence-corrected chi connectivity index (χ4v) is 3.16. The quantitative estimate of drug-likeness (QED) is 0.673. The highest BCUT2D eigenvalue weighted by Crippen LogP contribution is 2.38. The Morgan fingerprint density at radius 1 is 1.10 bits per heavy atom. The first kappa shape index (κ1) is 23.4. The summed E-state index contributed by atoms with van der Waals surface area (Å²) in [5.74, 6) is -0.0700. The summed E-state index contributed by atoms with van der Waals surface area (Å²) >= 11 is 0. The molecule has 1 aromatic carbocycles. The van der Waals surface area contributed by atoms with Crippen LogP contribution >= 0.6 is 0 Å².